The molecule has 1 N–H and O–H groups in total. The fourth-order valence-corrected chi connectivity index (χ4v) is 2.83. The lowest BCUT2D eigenvalue weighted by Gasteiger charge is -2.28. The van der Waals surface area contributed by atoms with Crippen molar-refractivity contribution in [3.8, 4) is 11.8 Å². The molecule has 0 radical (unpaired) electrons. The molecule has 0 aliphatic carbocycles. The minimum atomic E-state index is 0.210. The van der Waals surface area contributed by atoms with Gasteiger partial charge in [-0.15, -0.1) is 0 Å². The van der Waals surface area contributed by atoms with Crippen LogP contribution in [0.2, 0.25) is 0 Å². The molecule has 1 fully saturated rings. The van der Waals surface area contributed by atoms with Crippen LogP contribution in [0.3, 0.4) is 0 Å². The van der Waals surface area contributed by atoms with Gasteiger partial charge in [0.25, 0.3) is 0 Å². The van der Waals surface area contributed by atoms with Crippen LogP contribution in [-0.2, 0) is 6.54 Å². The van der Waals surface area contributed by atoms with Crippen molar-refractivity contribution in [1.29, 1.82) is 5.26 Å². The molecule has 4 heteroatoms. The van der Waals surface area contributed by atoms with Crippen LogP contribution in [0.25, 0.3) is 0 Å². The molecule has 0 amide bonds. The van der Waals surface area contributed by atoms with Gasteiger partial charge in [-0.25, -0.2) is 0 Å². The summed E-state index contributed by atoms with van der Waals surface area (Å²) in [6, 6.07) is 8.14. The Kier molecular flexibility index (Phi) is 5.40. The molecule has 0 bridgehead atoms. The summed E-state index contributed by atoms with van der Waals surface area (Å²) >= 11 is 0. The topological polar surface area (TPSA) is 56.5 Å². The molecule has 108 valence electrons. The van der Waals surface area contributed by atoms with Gasteiger partial charge in [0.15, 0.2) is 0 Å². The molecular weight excluding hydrogens is 252 g/mol. The lowest BCUT2D eigenvalue weighted by atomic mass is 10.1. The average Bonchev–Trinajstić information content (AvgIpc) is 2.72. The molecule has 0 spiro atoms. The quantitative estimate of drug-likeness (QED) is 0.915. The van der Waals surface area contributed by atoms with Crippen molar-refractivity contribution in [3.05, 3.63) is 29.3 Å². The first kappa shape index (κ1) is 14.8. The third kappa shape index (κ3) is 3.50. The summed E-state index contributed by atoms with van der Waals surface area (Å²) in [6.07, 6.45) is 4.66. The number of ether oxygens (including phenoxy) is 1. The molecule has 0 saturated carbocycles. The van der Waals surface area contributed by atoms with Crippen molar-refractivity contribution < 1.29 is 9.84 Å². The van der Waals surface area contributed by atoms with Crippen LogP contribution < -0.4 is 4.74 Å². The zero-order valence-electron chi connectivity index (χ0n) is 12.0. The van der Waals surface area contributed by atoms with Gasteiger partial charge in [0.1, 0.15) is 11.8 Å². The maximum Gasteiger partial charge on any atom is 0.136 e. The molecule has 1 unspecified atom stereocenters. The number of hydrogen-bond donors (Lipinski definition) is 1. The van der Waals surface area contributed by atoms with Crippen LogP contribution in [0.15, 0.2) is 18.2 Å². The second kappa shape index (κ2) is 7.28. The van der Waals surface area contributed by atoms with Gasteiger partial charge in [0.2, 0.25) is 0 Å². The van der Waals surface area contributed by atoms with Crippen molar-refractivity contribution in [2.75, 3.05) is 20.3 Å². The van der Waals surface area contributed by atoms with Crippen molar-refractivity contribution in [1.82, 2.24) is 4.90 Å². The van der Waals surface area contributed by atoms with Crippen molar-refractivity contribution in [2.24, 2.45) is 0 Å². The first-order chi connectivity index (χ1) is 9.78. The fraction of sp³-hybridized carbons (Fsp3) is 0.562. The predicted molar refractivity (Wildman–Crippen MR) is 77.5 cm³/mol. The summed E-state index contributed by atoms with van der Waals surface area (Å²) in [5.74, 6) is 0.617. The Labute approximate surface area is 120 Å². The molecule has 1 aliphatic rings. The molecule has 20 heavy (non-hydrogen) atoms. The van der Waals surface area contributed by atoms with E-state index < -0.39 is 0 Å². The van der Waals surface area contributed by atoms with Gasteiger partial charge in [-0.3, -0.25) is 4.90 Å². The zero-order valence-corrected chi connectivity index (χ0v) is 12.0. The van der Waals surface area contributed by atoms with E-state index in [0.29, 0.717) is 11.3 Å². The Bertz CT molecular complexity index is 482. The minimum Gasteiger partial charge on any atom is -0.495 e. The fourth-order valence-electron chi connectivity index (χ4n) is 2.83. The molecule has 2 rings (SSSR count). The Morgan fingerprint density at radius 1 is 1.40 bits per heavy atom. The standard InChI is InChI=1S/C16H22N2O2/c1-20-16-7-6-13(9-14(16)10-17)11-18-8-4-2-3-5-15(18)12-19/h6-7,9,15,19H,2-5,8,11-12H2,1H3. The van der Waals surface area contributed by atoms with Gasteiger partial charge in [0.05, 0.1) is 19.3 Å². The highest BCUT2D eigenvalue weighted by atomic mass is 16.5. The second-order valence-corrected chi connectivity index (χ2v) is 5.30. The van der Waals surface area contributed by atoms with E-state index >= 15 is 0 Å². The zero-order chi connectivity index (χ0) is 14.4. The SMILES string of the molecule is COc1ccc(CN2CCCCCC2CO)cc1C#N. The highest BCUT2D eigenvalue weighted by Crippen LogP contribution is 2.23. The summed E-state index contributed by atoms with van der Waals surface area (Å²) in [4.78, 5) is 2.33. The van der Waals surface area contributed by atoms with Gasteiger partial charge < -0.3 is 9.84 Å². The third-order valence-corrected chi connectivity index (χ3v) is 3.98. The monoisotopic (exact) mass is 274 g/mol. The number of methoxy groups -OCH3 is 1. The number of aliphatic hydroxyl groups excluding tert-OH is 1. The lowest BCUT2D eigenvalue weighted by Crippen LogP contribution is -2.36. The molecule has 1 aromatic carbocycles. The predicted octanol–water partition coefficient (Wildman–Crippen LogP) is 2.30. The van der Waals surface area contributed by atoms with Crippen LogP contribution in [0.5, 0.6) is 5.75 Å². The second-order valence-electron chi connectivity index (χ2n) is 5.30. The van der Waals surface area contributed by atoms with E-state index in [-0.39, 0.29) is 12.6 Å². The van der Waals surface area contributed by atoms with Crippen molar-refractivity contribution >= 4 is 0 Å². The van der Waals surface area contributed by atoms with Gasteiger partial charge in [-0.2, -0.15) is 5.26 Å². The van der Waals surface area contributed by atoms with E-state index in [2.05, 4.69) is 11.0 Å². The van der Waals surface area contributed by atoms with E-state index in [4.69, 9.17) is 10.00 Å². The number of rotatable bonds is 4. The van der Waals surface area contributed by atoms with Crippen LogP contribution in [0.1, 0.15) is 36.8 Å². The Morgan fingerprint density at radius 2 is 2.25 bits per heavy atom. The maximum atomic E-state index is 9.53. The summed E-state index contributed by atoms with van der Waals surface area (Å²) in [7, 11) is 1.58. The number of likely N-dealkylation sites (tertiary alicyclic amines) is 1. The first-order valence-corrected chi connectivity index (χ1v) is 7.20. The third-order valence-electron chi connectivity index (χ3n) is 3.98. The van der Waals surface area contributed by atoms with Gasteiger partial charge in [-0.05, 0) is 37.1 Å². The number of nitrogens with zero attached hydrogens (tertiary/aromatic N) is 2. The molecule has 1 saturated heterocycles. The summed E-state index contributed by atoms with van der Waals surface area (Å²) < 4.78 is 5.17. The van der Waals surface area contributed by atoms with E-state index in [0.717, 1.165) is 25.1 Å². The lowest BCUT2D eigenvalue weighted by molar-refractivity contribution is 0.118. The van der Waals surface area contributed by atoms with Gasteiger partial charge in [0, 0.05) is 12.6 Å². The molecule has 1 atom stereocenters. The largest absolute Gasteiger partial charge is 0.495 e. The maximum absolute atomic E-state index is 9.53. The van der Waals surface area contributed by atoms with E-state index in [9.17, 15) is 5.11 Å². The number of nitriles is 1. The molecule has 0 aromatic heterocycles. The molecule has 1 aliphatic heterocycles. The van der Waals surface area contributed by atoms with E-state index in [1.54, 1.807) is 7.11 Å². The Hall–Kier alpha value is -1.57. The van der Waals surface area contributed by atoms with Gasteiger partial charge >= 0.3 is 0 Å². The highest BCUT2D eigenvalue weighted by Gasteiger charge is 2.20. The Morgan fingerprint density at radius 3 is 2.95 bits per heavy atom. The normalized spacial score (nSPS) is 20.1. The smallest absolute Gasteiger partial charge is 0.136 e. The number of aliphatic hydroxyl groups is 1. The molecule has 4 nitrogen and oxygen atoms in total. The van der Waals surface area contributed by atoms with Crippen molar-refractivity contribution in [3.63, 3.8) is 0 Å². The number of hydrogen-bond acceptors (Lipinski definition) is 4. The van der Waals surface area contributed by atoms with Crippen LogP contribution in [-0.4, -0.2) is 36.3 Å². The summed E-state index contributed by atoms with van der Waals surface area (Å²) in [5, 5.41) is 18.7. The number of benzene rings is 1. The Balaban J connectivity index is 2.13. The summed E-state index contributed by atoms with van der Waals surface area (Å²) in [6.45, 7) is 2.00. The van der Waals surface area contributed by atoms with E-state index in [1.807, 2.05) is 18.2 Å². The first-order valence-electron chi connectivity index (χ1n) is 7.20. The molecule has 1 aromatic rings. The van der Waals surface area contributed by atoms with E-state index in [1.165, 1.54) is 19.3 Å². The molecule has 1 heterocycles. The van der Waals surface area contributed by atoms with Crippen LogP contribution >= 0.6 is 0 Å². The van der Waals surface area contributed by atoms with Crippen LogP contribution in [0, 0.1) is 11.3 Å². The van der Waals surface area contributed by atoms with Gasteiger partial charge in [-0.1, -0.05) is 18.9 Å². The average molecular weight is 274 g/mol. The van der Waals surface area contributed by atoms with Crippen LogP contribution in [0.4, 0.5) is 0 Å². The molecular formula is C16H22N2O2. The van der Waals surface area contributed by atoms with Crippen molar-refractivity contribution in [2.45, 2.75) is 38.3 Å². The highest BCUT2D eigenvalue weighted by molar-refractivity contribution is 5.45. The minimum absolute atomic E-state index is 0.210. The summed E-state index contributed by atoms with van der Waals surface area (Å²) in [5.41, 5.74) is 1.67.